The third-order valence-electron chi connectivity index (χ3n) is 4.14. The highest BCUT2D eigenvalue weighted by molar-refractivity contribution is 5.97. The van der Waals surface area contributed by atoms with Crippen LogP contribution in [0.5, 0.6) is 0 Å². The molecule has 1 aliphatic heterocycles. The van der Waals surface area contributed by atoms with E-state index >= 15 is 0 Å². The van der Waals surface area contributed by atoms with Gasteiger partial charge in [0.25, 0.3) is 5.91 Å². The number of likely N-dealkylation sites (tertiary alicyclic amines) is 1. The van der Waals surface area contributed by atoms with E-state index in [-0.39, 0.29) is 11.6 Å². The third-order valence-corrected chi connectivity index (χ3v) is 4.14. The number of nitriles is 1. The standard InChI is InChI=1S/C15H17N3O3/c1-3-15(14(20)21)7-4-8-18(15)13(19)12-6-5-11(9-16)10(2)17-12/h5-6H,3-4,7-8H2,1-2H3,(H,20,21). The Morgan fingerprint density at radius 1 is 1.52 bits per heavy atom. The molecule has 110 valence electrons. The van der Waals surface area contributed by atoms with Crippen molar-refractivity contribution in [2.45, 2.75) is 38.6 Å². The number of carbonyl (C=O) groups is 2. The highest BCUT2D eigenvalue weighted by Gasteiger charge is 2.48. The first-order chi connectivity index (χ1) is 9.96. The van der Waals surface area contributed by atoms with E-state index < -0.39 is 11.5 Å². The lowest BCUT2D eigenvalue weighted by Gasteiger charge is -2.33. The lowest BCUT2D eigenvalue weighted by Crippen LogP contribution is -2.52. The van der Waals surface area contributed by atoms with Crippen LogP contribution in [0.1, 0.15) is 47.9 Å². The highest BCUT2D eigenvalue weighted by atomic mass is 16.4. The number of aliphatic carboxylic acids is 1. The third kappa shape index (κ3) is 2.35. The second-order valence-corrected chi connectivity index (χ2v) is 5.19. The van der Waals surface area contributed by atoms with Crippen LogP contribution in [0.25, 0.3) is 0 Å². The number of hydrogen-bond acceptors (Lipinski definition) is 4. The zero-order valence-corrected chi connectivity index (χ0v) is 12.1. The summed E-state index contributed by atoms with van der Waals surface area (Å²) in [6, 6.07) is 5.02. The van der Waals surface area contributed by atoms with Gasteiger partial charge in [0.2, 0.25) is 0 Å². The van der Waals surface area contributed by atoms with Gasteiger partial charge in [0.15, 0.2) is 0 Å². The Labute approximate surface area is 123 Å². The number of aryl methyl sites for hydroxylation is 1. The molecule has 2 rings (SSSR count). The molecule has 1 aromatic rings. The number of nitrogens with zero attached hydrogens (tertiary/aromatic N) is 3. The van der Waals surface area contributed by atoms with Crippen LogP contribution >= 0.6 is 0 Å². The van der Waals surface area contributed by atoms with Gasteiger partial charge in [-0.2, -0.15) is 5.26 Å². The lowest BCUT2D eigenvalue weighted by atomic mass is 9.92. The molecule has 1 aliphatic rings. The van der Waals surface area contributed by atoms with Crippen LogP contribution in [-0.4, -0.2) is 39.0 Å². The monoisotopic (exact) mass is 287 g/mol. The number of aromatic nitrogens is 1. The Kier molecular flexibility index (Phi) is 3.94. The summed E-state index contributed by atoms with van der Waals surface area (Å²) >= 11 is 0. The van der Waals surface area contributed by atoms with Crippen molar-refractivity contribution >= 4 is 11.9 Å². The Bertz CT molecular complexity index is 636. The molecule has 1 saturated heterocycles. The Morgan fingerprint density at radius 2 is 2.24 bits per heavy atom. The SMILES string of the molecule is CCC1(C(=O)O)CCCN1C(=O)c1ccc(C#N)c(C)n1. The van der Waals surface area contributed by atoms with Crippen LogP contribution in [0, 0.1) is 18.3 Å². The van der Waals surface area contributed by atoms with Gasteiger partial charge in [-0.05, 0) is 38.3 Å². The van der Waals surface area contributed by atoms with Gasteiger partial charge in [-0.15, -0.1) is 0 Å². The molecule has 1 N–H and O–H groups in total. The number of amides is 1. The summed E-state index contributed by atoms with van der Waals surface area (Å²) in [5, 5.41) is 18.4. The van der Waals surface area contributed by atoms with E-state index in [9.17, 15) is 14.7 Å². The second-order valence-electron chi connectivity index (χ2n) is 5.19. The first kappa shape index (κ1) is 15.0. The number of carboxylic acids is 1. The minimum Gasteiger partial charge on any atom is -0.479 e. The number of carbonyl (C=O) groups excluding carboxylic acids is 1. The molecule has 1 fully saturated rings. The molecule has 0 radical (unpaired) electrons. The summed E-state index contributed by atoms with van der Waals surface area (Å²) in [6.45, 7) is 3.85. The minimum atomic E-state index is -1.14. The molecule has 0 aliphatic carbocycles. The molecule has 2 heterocycles. The van der Waals surface area contributed by atoms with Gasteiger partial charge < -0.3 is 10.0 Å². The quantitative estimate of drug-likeness (QED) is 0.913. The normalized spacial score (nSPS) is 21.1. The van der Waals surface area contributed by atoms with Gasteiger partial charge in [-0.1, -0.05) is 6.92 Å². The van der Waals surface area contributed by atoms with E-state index in [4.69, 9.17) is 5.26 Å². The van der Waals surface area contributed by atoms with Crippen LogP contribution < -0.4 is 0 Å². The van der Waals surface area contributed by atoms with Gasteiger partial charge >= 0.3 is 5.97 Å². The van der Waals surface area contributed by atoms with E-state index in [1.807, 2.05) is 6.07 Å². The van der Waals surface area contributed by atoms with Gasteiger partial charge in [0.05, 0.1) is 11.3 Å². The fraction of sp³-hybridized carbons (Fsp3) is 0.467. The Morgan fingerprint density at radius 3 is 2.76 bits per heavy atom. The molecule has 1 aromatic heterocycles. The predicted molar refractivity (Wildman–Crippen MR) is 74.6 cm³/mol. The van der Waals surface area contributed by atoms with Gasteiger partial charge in [0.1, 0.15) is 17.3 Å². The number of pyridine rings is 1. The molecule has 0 bridgehead atoms. The van der Waals surface area contributed by atoms with Crippen LogP contribution in [0.4, 0.5) is 0 Å². The smallest absolute Gasteiger partial charge is 0.329 e. The van der Waals surface area contributed by atoms with Crippen LogP contribution in [0.3, 0.4) is 0 Å². The Balaban J connectivity index is 2.38. The zero-order chi connectivity index (χ0) is 15.6. The molecule has 21 heavy (non-hydrogen) atoms. The average molecular weight is 287 g/mol. The molecular formula is C15H17N3O3. The van der Waals surface area contributed by atoms with E-state index in [1.165, 1.54) is 11.0 Å². The van der Waals surface area contributed by atoms with Crippen molar-refractivity contribution in [2.24, 2.45) is 0 Å². The molecular weight excluding hydrogens is 270 g/mol. The average Bonchev–Trinajstić information content (AvgIpc) is 2.91. The van der Waals surface area contributed by atoms with Crippen molar-refractivity contribution in [3.63, 3.8) is 0 Å². The fourth-order valence-electron chi connectivity index (χ4n) is 2.85. The summed E-state index contributed by atoms with van der Waals surface area (Å²) in [5.74, 6) is -1.36. The topological polar surface area (TPSA) is 94.3 Å². The first-order valence-electron chi connectivity index (χ1n) is 6.89. The van der Waals surface area contributed by atoms with Crippen molar-refractivity contribution < 1.29 is 14.7 Å². The highest BCUT2D eigenvalue weighted by Crippen LogP contribution is 2.33. The maximum Gasteiger partial charge on any atom is 0.329 e. The molecule has 0 saturated carbocycles. The van der Waals surface area contributed by atoms with Gasteiger partial charge in [0, 0.05) is 6.54 Å². The van der Waals surface area contributed by atoms with Gasteiger partial charge in [-0.3, -0.25) is 4.79 Å². The summed E-state index contributed by atoms with van der Waals surface area (Å²) < 4.78 is 0. The van der Waals surface area contributed by atoms with Crippen LogP contribution in [-0.2, 0) is 4.79 Å². The maximum absolute atomic E-state index is 12.6. The number of rotatable bonds is 3. The first-order valence-corrected chi connectivity index (χ1v) is 6.89. The molecule has 1 amide bonds. The molecule has 0 aromatic carbocycles. The van der Waals surface area contributed by atoms with Crippen LogP contribution in [0.2, 0.25) is 0 Å². The Hall–Kier alpha value is -2.42. The summed E-state index contributed by atoms with van der Waals surface area (Å²) in [4.78, 5) is 29.8. The van der Waals surface area contributed by atoms with Crippen LogP contribution in [0.15, 0.2) is 12.1 Å². The number of carboxylic acid groups (broad SMARTS) is 1. The van der Waals surface area contributed by atoms with E-state index in [0.29, 0.717) is 37.1 Å². The van der Waals surface area contributed by atoms with E-state index in [1.54, 1.807) is 19.9 Å². The van der Waals surface area contributed by atoms with Crippen molar-refractivity contribution in [1.82, 2.24) is 9.88 Å². The van der Waals surface area contributed by atoms with Crippen molar-refractivity contribution in [3.8, 4) is 6.07 Å². The maximum atomic E-state index is 12.6. The minimum absolute atomic E-state index is 0.187. The fourth-order valence-corrected chi connectivity index (χ4v) is 2.85. The number of hydrogen-bond donors (Lipinski definition) is 1. The van der Waals surface area contributed by atoms with Crippen molar-refractivity contribution in [3.05, 3.63) is 29.1 Å². The van der Waals surface area contributed by atoms with E-state index in [0.717, 1.165) is 0 Å². The molecule has 1 atom stereocenters. The molecule has 6 nitrogen and oxygen atoms in total. The molecule has 6 heteroatoms. The summed E-state index contributed by atoms with van der Waals surface area (Å²) in [5.41, 5.74) is -0.0685. The summed E-state index contributed by atoms with van der Waals surface area (Å²) in [7, 11) is 0. The van der Waals surface area contributed by atoms with Crippen molar-refractivity contribution in [2.75, 3.05) is 6.54 Å². The summed E-state index contributed by atoms with van der Waals surface area (Å²) in [6.07, 6.45) is 1.49. The zero-order valence-electron chi connectivity index (χ0n) is 12.1. The lowest BCUT2D eigenvalue weighted by molar-refractivity contribution is -0.148. The van der Waals surface area contributed by atoms with E-state index in [2.05, 4.69) is 4.98 Å². The van der Waals surface area contributed by atoms with Crippen molar-refractivity contribution in [1.29, 1.82) is 5.26 Å². The molecule has 1 unspecified atom stereocenters. The second kappa shape index (κ2) is 5.52. The van der Waals surface area contributed by atoms with Gasteiger partial charge in [-0.25, -0.2) is 9.78 Å². The molecule has 0 spiro atoms. The largest absolute Gasteiger partial charge is 0.479 e. The predicted octanol–water partition coefficient (Wildman–Crippen LogP) is 1.73.